The minimum atomic E-state index is 0.709. The molecule has 0 atom stereocenters. The van der Waals surface area contributed by atoms with Crippen LogP contribution in [-0.4, -0.2) is 14.5 Å². The number of nitrogens with zero attached hydrogens (tertiary/aromatic N) is 3. The Morgan fingerprint density at radius 3 is 1.66 bits per heavy atom. The third-order valence-electron chi connectivity index (χ3n) is 10.8. The first-order valence-corrected chi connectivity index (χ1v) is 19.7. The maximum absolute atomic E-state index is 5.25. The van der Waals surface area contributed by atoms with Gasteiger partial charge in [0, 0.05) is 53.3 Å². The molecular weight excluding hydrogens is 699 g/mol. The molecule has 0 radical (unpaired) electrons. The fraction of sp³-hybridized carbons (Fsp3) is 0. The predicted molar refractivity (Wildman–Crippen MR) is 236 cm³/mol. The molecule has 8 aromatic carbocycles. The molecule has 0 saturated heterocycles. The van der Waals surface area contributed by atoms with E-state index in [2.05, 4.69) is 193 Å². The number of hydrogen-bond donors (Lipinski definition) is 0. The summed E-state index contributed by atoms with van der Waals surface area (Å²) >= 11 is 1.83. The van der Waals surface area contributed by atoms with Crippen molar-refractivity contribution in [2.75, 3.05) is 0 Å². The van der Waals surface area contributed by atoms with E-state index in [-0.39, 0.29) is 0 Å². The van der Waals surface area contributed by atoms with Crippen molar-refractivity contribution in [2.24, 2.45) is 0 Å². The zero-order valence-corrected chi connectivity index (χ0v) is 31.1. The largest absolute Gasteiger partial charge is 0.309 e. The zero-order chi connectivity index (χ0) is 37.0. The minimum Gasteiger partial charge on any atom is -0.309 e. The molecule has 0 aliphatic rings. The van der Waals surface area contributed by atoms with E-state index in [0.29, 0.717) is 5.82 Å². The van der Waals surface area contributed by atoms with Gasteiger partial charge in [-0.2, -0.15) is 0 Å². The van der Waals surface area contributed by atoms with E-state index < -0.39 is 0 Å². The molecular formula is C52H33N3S. The summed E-state index contributed by atoms with van der Waals surface area (Å²) < 4.78 is 4.88. The molecule has 262 valence electrons. The summed E-state index contributed by atoms with van der Waals surface area (Å²) in [6, 6.07) is 71.5. The van der Waals surface area contributed by atoms with Crippen LogP contribution in [0.25, 0.3) is 104 Å². The molecule has 3 aromatic heterocycles. The van der Waals surface area contributed by atoms with E-state index in [1.807, 2.05) is 23.5 Å². The molecule has 3 heterocycles. The lowest BCUT2D eigenvalue weighted by atomic mass is 9.95. The maximum atomic E-state index is 5.25. The molecule has 0 amide bonds. The average molecular weight is 732 g/mol. The Bertz CT molecular complexity index is 3160. The summed E-state index contributed by atoms with van der Waals surface area (Å²) in [6.07, 6.45) is 0. The Hall–Kier alpha value is -7.14. The van der Waals surface area contributed by atoms with Gasteiger partial charge >= 0.3 is 0 Å². The van der Waals surface area contributed by atoms with Crippen LogP contribution >= 0.6 is 11.3 Å². The van der Waals surface area contributed by atoms with Crippen LogP contribution in [0.3, 0.4) is 0 Å². The fourth-order valence-corrected chi connectivity index (χ4v) is 9.33. The van der Waals surface area contributed by atoms with Gasteiger partial charge in [-0.25, -0.2) is 9.97 Å². The second kappa shape index (κ2) is 13.3. The van der Waals surface area contributed by atoms with E-state index in [1.54, 1.807) is 0 Å². The second-order valence-electron chi connectivity index (χ2n) is 14.2. The van der Waals surface area contributed by atoms with Crippen LogP contribution in [-0.2, 0) is 0 Å². The number of benzene rings is 8. The third-order valence-corrected chi connectivity index (χ3v) is 11.9. The number of aromatic nitrogens is 3. The van der Waals surface area contributed by atoms with Gasteiger partial charge in [0.15, 0.2) is 5.82 Å². The Morgan fingerprint density at radius 2 is 0.964 bits per heavy atom. The van der Waals surface area contributed by atoms with Crippen molar-refractivity contribution in [3.8, 4) is 61.8 Å². The van der Waals surface area contributed by atoms with Crippen LogP contribution in [0.2, 0.25) is 0 Å². The van der Waals surface area contributed by atoms with Crippen molar-refractivity contribution in [3.05, 3.63) is 200 Å². The van der Waals surface area contributed by atoms with Crippen molar-refractivity contribution < 1.29 is 0 Å². The quantitative estimate of drug-likeness (QED) is 0.170. The van der Waals surface area contributed by atoms with Crippen LogP contribution in [0.5, 0.6) is 0 Å². The molecule has 56 heavy (non-hydrogen) atoms. The van der Waals surface area contributed by atoms with Gasteiger partial charge in [-0.3, -0.25) is 0 Å². The van der Waals surface area contributed by atoms with Gasteiger partial charge < -0.3 is 4.57 Å². The molecule has 0 aliphatic carbocycles. The van der Waals surface area contributed by atoms with Gasteiger partial charge in [-0.05, 0) is 76.9 Å². The topological polar surface area (TPSA) is 30.7 Å². The van der Waals surface area contributed by atoms with Gasteiger partial charge in [0.25, 0.3) is 0 Å². The lowest BCUT2D eigenvalue weighted by Crippen LogP contribution is -1.96. The maximum Gasteiger partial charge on any atom is 0.160 e. The summed E-state index contributed by atoms with van der Waals surface area (Å²) in [5, 5.41) is 4.96. The molecule has 11 aromatic rings. The monoisotopic (exact) mass is 731 g/mol. The van der Waals surface area contributed by atoms with Crippen LogP contribution in [0, 0.1) is 0 Å². The fourth-order valence-electron chi connectivity index (χ4n) is 8.15. The number of hydrogen-bond acceptors (Lipinski definition) is 3. The molecule has 0 saturated carbocycles. The Morgan fingerprint density at radius 1 is 0.357 bits per heavy atom. The van der Waals surface area contributed by atoms with Gasteiger partial charge in [-0.15, -0.1) is 11.3 Å². The highest BCUT2D eigenvalue weighted by Gasteiger charge is 2.19. The standard InChI is InChI=1S/C52H33N3S/c1-5-15-34(16-6-1)37-25-27-41-44-29-38(26-28-47(44)55(48(41)31-37)40-21-11-4-12-22-40)43-30-39(32-50-51(43)42-23-13-14-24-49(42)56-50)52-53-45(35-17-7-2-8-18-35)33-46(54-52)36-19-9-3-10-20-36/h1-33H. The SMILES string of the molecule is c1ccc(-c2ccc3c4cc(-c5cc(-c6nc(-c7ccccc7)cc(-c7ccccc7)n6)cc6sc7ccccc7c56)ccc4n(-c4ccccc4)c3c2)cc1. The average Bonchev–Trinajstić information content (AvgIpc) is 3.82. The highest BCUT2D eigenvalue weighted by molar-refractivity contribution is 7.26. The van der Waals surface area contributed by atoms with E-state index in [1.165, 1.54) is 58.7 Å². The summed E-state index contributed by atoms with van der Waals surface area (Å²) in [6.45, 7) is 0. The van der Waals surface area contributed by atoms with Crippen molar-refractivity contribution in [1.82, 2.24) is 14.5 Å². The van der Waals surface area contributed by atoms with Gasteiger partial charge in [0.1, 0.15) is 0 Å². The molecule has 0 aliphatic heterocycles. The van der Waals surface area contributed by atoms with Gasteiger partial charge in [-0.1, -0.05) is 146 Å². The highest BCUT2D eigenvalue weighted by atomic mass is 32.1. The van der Waals surface area contributed by atoms with E-state index in [9.17, 15) is 0 Å². The van der Waals surface area contributed by atoms with E-state index in [4.69, 9.17) is 9.97 Å². The first-order valence-electron chi connectivity index (χ1n) is 18.9. The first-order chi connectivity index (χ1) is 27.7. The van der Waals surface area contributed by atoms with Gasteiger partial charge in [0.05, 0.1) is 22.4 Å². The molecule has 11 rings (SSSR count). The third kappa shape index (κ3) is 5.50. The number of fused-ring (bicyclic) bond motifs is 6. The number of thiophene rings is 1. The van der Waals surface area contributed by atoms with Crippen LogP contribution in [0.1, 0.15) is 0 Å². The Labute approximate surface area is 328 Å². The molecule has 0 spiro atoms. The summed E-state index contributed by atoms with van der Waals surface area (Å²) in [5.41, 5.74) is 13.2. The number of rotatable bonds is 6. The summed E-state index contributed by atoms with van der Waals surface area (Å²) in [5.74, 6) is 0.709. The van der Waals surface area contributed by atoms with Crippen molar-refractivity contribution in [3.63, 3.8) is 0 Å². The van der Waals surface area contributed by atoms with Gasteiger partial charge in [0.2, 0.25) is 0 Å². The summed E-state index contributed by atoms with van der Waals surface area (Å²) in [7, 11) is 0. The molecule has 0 bridgehead atoms. The summed E-state index contributed by atoms with van der Waals surface area (Å²) in [4.78, 5) is 10.5. The Kier molecular flexibility index (Phi) is 7.68. The Balaban J connectivity index is 1.17. The molecule has 0 N–H and O–H groups in total. The molecule has 0 unspecified atom stereocenters. The van der Waals surface area contributed by atoms with Crippen LogP contribution in [0.4, 0.5) is 0 Å². The normalized spacial score (nSPS) is 11.6. The highest BCUT2D eigenvalue weighted by Crippen LogP contribution is 2.44. The van der Waals surface area contributed by atoms with E-state index in [0.717, 1.165) is 39.3 Å². The predicted octanol–water partition coefficient (Wildman–Crippen LogP) is 14.3. The molecule has 3 nitrogen and oxygen atoms in total. The second-order valence-corrected chi connectivity index (χ2v) is 15.3. The smallest absolute Gasteiger partial charge is 0.160 e. The minimum absolute atomic E-state index is 0.709. The lowest BCUT2D eigenvalue weighted by Gasteiger charge is -2.12. The van der Waals surface area contributed by atoms with Crippen molar-refractivity contribution >= 4 is 53.3 Å². The molecule has 0 fully saturated rings. The van der Waals surface area contributed by atoms with Crippen LogP contribution < -0.4 is 0 Å². The van der Waals surface area contributed by atoms with Crippen molar-refractivity contribution in [1.29, 1.82) is 0 Å². The van der Waals surface area contributed by atoms with E-state index >= 15 is 0 Å². The van der Waals surface area contributed by atoms with Crippen LogP contribution in [0.15, 0.2) is 200 Å². The molecule has 4 heteroatoms. The first kappa shape index (κ1) is 32.3. The lowest BCUT2D eigenvalue weighted by molar-refractivity contribution is 1.18. The van der Waals surface area contributed by atoms with Crippen molar-refractivity contribution in [2.45, 2.75) is 0 Å². The zero-order valence-electron chi connectivity index (χ0n) is 30.3. The number of para-hydroxylation sites is 1.